The third kappa shape index (κ3) is 3.65. The van der Waals surface area contributed by atoms with Crippen LogP contribution in [0.2, 0.25) is 0 Å². The van der Waals surface area contributed by atoms with Gasteiger partial charge in [0.05, 0.1) is 0 Å². The summed E-state index contributed by atoms with van der Waals surface area (Å²) in [4.78, 5) is 13.6. The first kappa shape index (κ1) is 14.9. The molecule has 0 saturated heterocycles. The van der Waals surface area contributed by atoms with Gasteiger partial charge in [0, 0.05) is 9.64 Å². The highest BCUT2D eigenvalue weighted by molar-refractivity contribution is 14.1. The Morgan fingerprint density at radius 3 is 2.39 bits per heavy atom. The Morgan fingerprint density at radius 1 is 1.44 bits per heavy atom. The lowest BCUT2D eigenvalue weighted by Crippen LogP contribution is -2.19. The lowest BCUT2D eigenvalue weighted by Gasteiger charge is -2.12. The van der Waals surface area contributed by atoms with Crippen LogP contribution in [0.1, 0.15) is 22.5 Å². The average Bonchev–Trinajstić information content (AvgIpc) is 2.12. The number of ether oxygens (including phenoxy) is 1. The summed E-state index contributed by atoms with van der Waals surface area (Å²) < 4.78 is 63.8. The van der Waals surface area contributed by atoms with Crippen LogP contribution >= 0.6 is 22.6 Å². The average molecular weight is 383 g/mol. The van der Waals surface area contributed by atoms with Crippen LogP contribution in [0.15, 0.2) is 6.07 Å². The fourth-order valence-electron chi connectivity index (χ4n) is 1.05. The van der Waals surface area contributed by atoms with Crippen molar-refractivity contribution in [1.82, 2.24) is 4.98 Å². The third-order valence-corrected chi connectivity index (χ3v) is 2.47. The number of pyridine rings is 1. The highest BCUT2D eigenvalue weighted by Gasteiger charge is 2.33. The molecule has 1 N–H and O–H groups in total. The maximum atomic E-state index is 12.5. The number of aromatic nitrogens is 1. The maximum absolute atomic E-state index is 12.5. The molecule has 0 aliphatic carbocycles. The van der Waals surface area contributed by atoms with Crippen molar-refractivity contribution in [3.63, 3.8) is 0 Å². The topological polar surface area (TPSA) is 59.4 Å². The van der Waals surface area contributed by atoms with Crippen molar-refractivity contribution in [2.45, 2.75) is 12.8 Å². The molecule has 0 fully saturated rings. The Labute approximate surface area is 110 Å². The van der Waals surface area contributed by atoms with Crippen LogP contribution in [0, 0.1) is 3.57 Å². The molecule has 1 aromatic rings. The van der Waals surface area contributed by atoms with E-state index in [1.165, 1.54) is 22.6 Å². The van der Waals surface area contributed by atoms with E-state index in [1.807, 2.05) is 0 Å². The number of carboxylic acids is 1. The molecular formula is C8H3F5INO3. The van der Waals surface area contributed by atoms with E-state index in [9.17, 15) is 26.7 Å². The minimum Gasteiger partial charge on any atom is -0.478 e. The van der Waals surface area contributed by atoms with Crippen molar-refractivity contribution < 1.29 is 36.6 Å². The lowest BCUT2D eigenvalue weighted by molar-refractivity contribution is -0.276. The molecule has 18 heavy (non-hydrogen) atoms. The van der Waals surface area contributed by atoms with Crippen LogP contribution in [0.5, 0.6) is 5.88 Å². The monoisotopic (exact) mass is 383 g/mol. The van der Waals surface area contributed by atoms with E-state index in [0.29, 0.717) is 6.07 Å². The molecule has 0 saturated carbocycles. The second-order valence-corrected chi connectivity index (χ2v) is 4.02. The molecule has 0 bridgehead atoms. The molecule has 1 heterocycles. The van der Waals surface area contributed by atoms with Crippen molar-refractivity contribution in [1.29, 1.82) is 0 Å². The van der Waals surface area contributed by atoms with Crippen molar-refractivity contribution in [2.75, 3.05) is 0 Å². The Bertz CT molecular complexity index is 477. The number of nitrogens with zero attached hydrogens (tertiary/aromatic N) is 1. The molecule has 10 heteroatoms. The van der Waals surface area contributed by atoms with Gasteiger partial charge in [-0.2, -0.15) is 0 Å². The Hall–Kier alpha value is -1.20. The number of rotatable bonds is 3. The Kier molecular flexibility index (Phi) is 4.29. The van der Waals surface area contributed by atoms with E-state index < -0.39 is 35.9 Å². The number of halogens is 6. The summed E-state index contributed by atoms with van der Waals surface area (Å²) >= 11 is 1.31. The zero-order valence-electron chi connectivity index (χ0n) is 8.13. The summed E-state index contributed by atoms with van der Waals surface area (Å²) in [7, 11) is 0. The van der Waals surface area contributed by atoms with Crippen LogP contribution in [-0.4, -0.2) is 22.4 Å². The van der Waals surface area contributed by atoms with Gasteiger partial charge < -0.3 is 9.84 Å². The van der Waals surface area contributed by atoms with Crippen molar-refractivity contribution in [3.8, 4) is 5.88 Å². The quantitative estimate of drug-likeness (QED) is 0.644. The van der Waals surface area contributed by atoms with Gasteiger partial charge in [0.2, 0.25) is 5.88 Å². The van der Waals surface area contributed by atoms with Gasteiger partial charge >= 0.3 is 12.3 Å². The highest BCUT2D eigenvalue weighted by Crippen LogP contribution is 2.30. The number of carboxylic acid groups (broad SMARTS) is 1. The predicted molar refractivity (Wildman–Crippen MR) is 55.6 cm³/mol. The maximum Gasteiger partial charge on any atom is 0.574 e. The second-order valence-electron chi connectivity index (χ2n) is 2.86. The number of hydrogen-bond donors (Lipinski definition) is 1. The van der Waals surface area contributed by atoms with Gasteiger partial charge in [0.25, 0.3) is 6.43 Å². The van der Waals surface area contributed by atoms with Gasteiger partial charge in [-0.15, -0.1) is 13.2 Å². The Morgan fingerprint density at radius 2 is 2.00 bits per heavy atom. The number of alkyl halides is 5. The van der Waals surface area contributed by atoms with E-state index in [2.05, 4.69) is 9.72 Å². The fourth-order valence-corrected chi connectivity index (χ4v) is 1.82. The number of carbonyl (C=O) groups is 1. The first-order chi connectivity index (χ1) is 8.11. The molecule has 100 valence electrons. The largest absolute Gasteiger partial charge is 0.574 e. The van der Waals surface area contributed by atoms with Gasteiger partial charge in [0.1, 0.15) is 11.3 Å². The molecule has 0 aliphatic rings. The number of aromatic carboxylic acids is 1. The molecule has 0 aliphatic heterocycles. The third-order valence-electron chi connectivity index (χ3n) is 1.62. The SMILES string of the molecule is O=C(O)c1c(I)cc(OC(F)(F)F)nc1C(F)F. The summed E-state index contributed by atoms with van der Waals surface area (Å²) in [6.45, 7) is 0. The zero-order valence-corrected chi connectivity index (χ0v) is 10.3. The van der Waals surface area contributed by atoms with E-state index in [-0.39, 0.29) is 3.57 Å². The molecule has 0 atom stereocenters. The standard InChI is InChI=1S/C8H3F5INO3/c9-6(10)5-4(7(16)17)2(14)1-3(15-5)18-8(11,12)13/h1,6H,(H,16,17). The van der Waals surface area contributed by atoms with Gasteiger partial charge in [-0.25, -0.2) is 18.6 Å². The van der Waals surface area contributed by atoms with Gasteiger partial charge in [-0.05, 0) is 22.6 Å². The molecule has 1 aromatic heterocycles. The van der Waals surface area contributed by atoms with Crippen LogP contribution in [-0.2, 0) is 0 Å². The van der Waals surface area contributed by atoms with Crippen molar-refractivity contribution >= 4 is 28.6 Å². The molecule has 0 unspecified atom stereocenters. The van der Waals surface area contributed by atoms with E-state index in [0.717, 1.165) is 0 Å². The van der Waals surface area contributed by atoms with E-state index in [1.54, 1.807) is 0 Å². The molecule has 1 rings (SSSR count). The minimum atomic E-state index is -5.10. The zero-order chi connectivity index (χ0) is 14.1. The molecule has 0 radical (unpaired) electrons. The second kappa shape index (κ2) is 5.20. The van der Waals surface area contributed by atoms with E-state index in [4.69, 9.17) is 5.11 Å². The van der Waals surface area contributed by atoms with E-state index >= 15 is 0 Å². The van der Waals surface area contributed by atoms with Crippen molar-refractivity contribution in [3.05, 3.63) is 20.9 Å². The summed E-state index contributed by atoms with van der Waals surface area (Å²) in [5.41, 5.74) is -2.12. The molecule has 4 nitrogen and oxygen atoms in total. The van der Waals surface area contributed by atoms with Gasteiger partial charge in [0.15, 0.2) is 0 Å². The minimum absolute atomic E-state index is 0.329. The van der Waals surface area contributed by atoms with Gasteiger partial charge in [-0.1, -0.05) is 0 Å². The van der Waals surface area contributed by atoms with Crippen molar-refractivity contribution in [2.24, 2.45) is 0 Å². The number of hydrogen-bond acceptors (Lipinski definition) is 3. The molecular weight excluding hydrogens is 380 g/mol. The summed E-state index contributed by atoms with van der Waals surface area (Å²) in [6.07, 6.45) is -8.43. The van der Waals surface area contributed by atoms with Crippen LogP contribution in [0.25, 0.3) is 0 Å². The van der Waals surface area contributed by atoms with Gasteiger partial charge in [-0.3, -0.25) is 0 Å². The lowest BCUT2D eigenvalue weighted by atomic mass is 10.2. The Balaban J connectivity index is 3.32. The highest BCUT2D eigenvalue weighted by atomic mass is 127. The summed E-state index contributed by atoms with van der Waals surface area (Å²) in [6, 6.07) is 0.614. The molecule has 0 aromatic carbocycles. The van der Waals surface area contributed by atoms with Crippen LogP contribution < -0.4 is 4.74 Å². The summed E-state index contributed by atoms with van der Waals surface area (Å²) in [5, 5.41) is 8.68. The molecule has 0 amide bonds. The normalized spacial score (nSPS) is 11.7. The molecule has 0 spiro atoms. The first-order valence-electron chi connectivity index (χ1n) is 4.09. The first-order valence-corrected chi connectivity index (χ1v) is 5.17. The summed E-state index contributed by atoms with van der Waals surface area (Å²) in [5.74, 6) is -2.84. The fraction of sp³-hybridized carbons (Fsp3) is 0.250. The van der Waals surface area contributed by atoms with Crippen LogP contribution in [0.4, 0.5) is 22.0 Å². The predicted octanol–water partition coefficient (Wildman–Crippen LogP) is 3.22. The smallest absolute Gasteiger partial charge is 0.478 e. The van der Waals surface area contributed by atoms with Crippen LogP contribution in [0.3, 0.4) is 0 Å².